The molecule has 1 fully saturated rings. The molecule has 0 aliphatic carbocycles. The number of aromatic nitrogens is 2. The Labute approximate surface area is 191 Å². The van der Waals surface area contributed by atoms with E-state index in [1.807, 2.05) is 6.92 Å². The SMILES string of the molecule is CCCCOC[C@H]1O[C@@](O)(c2cnc(/C(=N\C(=N)SC)SC)[nH]2)[C@H](F)[C@@H]1OCCCC. The summed E-state index contributed by atoms with van der Waals surface area (Å²) in [6, 6.07) is 0. The number of ether oxygens (including phenoxy) is 3. The Kier molecular flexibility index (Phi) is 10.9. The molecule has 0 bridgehead atoms. The van der Waals surface area contributed by atoms with E-state index in [0.717, 1.165) is 25.7 Å². The van der Waals surface area contributed by atoms with Crippen molar-refractivity contribution in [2.45, 2.75) is 63.7 Å². The standard InChI is InChI=1S/C20H33FN4O4S2/c1-5-7-9-27-12-13-15(28-10-8-6-2)16(21)20(26,29-13)14-11-23-17(24-14)18(30-3)25-19(22)31-4/h11,13,15-16,22,26H,5-10,12H2,1-4H3,(H,23,24)/b22-19?,25-18+/t13-,15-,16-,20+/m1/s1. The predicted molar refractivity (Wildman–Crippen MR) is 124 cm³/mol. The lowest BCUT2D eigenvalue weighted by atomic mass is 10.0. The molecule has 0 saturated carbocycles. The second-order valence-corrected chi connectivity index (χ2v) is 8.74. The molecule has 4 atom stereocenters. The smallest absolute Gasteiger partial charge is 0.244 e. The molecule has 1 aliphatic heterocycles. The maximum absolute atomic E-state index is 15.5. The van der Waals surface area contributed by atoms with Crippen LogP contribution in [0.3, 0.4) is 0 Å². The molecule has 0 aromatic carbocycles. The van der Waals surface area contributed by atoms with Gasteiger partial charge < -0.3 is 24.3 Å². The molecular formula is C20H33FN4O4S2. The number of hydrogen-bond acceptors (Lipinski definition) is 8. The van der Waals surface area contributed by atoms with Gasteiger partial charge in [-0.05, 0) is 25.4 Å². The van der Waals surface area contributed by atoms with E-state index < -0.39 is 24.2 Å². The quantitative estimate of drug-likeness (QED) is 0.254. The van der Waals surface area contributed by atoms with Crippen molar-refractivity contribution in [3.8, 4) is 0 Å². The minimum Gasteiger partial charge on any atom is -0.379 e. The number of halogens is 1. The first-order chi connectivity index (χ1) is 14.9. The number of alkyl halides is 1. The second kappa shape index (κ2) is 12.9. The number of thioether (sulfide) groups is 2. The van der Waals surface area contributed by atoms with Crippen LogP contribution in [-0.2, 0) is 20.0 Å². The molecule has 1 aromatic rings. The van der Waals surface area contributed by atoms with Crippen LogP contribution in [0.5, 0.6) is 0 Å². The number of rotatable bonds is 11. The Morgan fingerprint density at radius 1 is 1.32 bits per heavy atom. The summed E-state index contributed by atoms with van der Waals surface area (Å²) in [5, 5.41) is 19.5. The van der Waals surface area contributed by atoms with E-state index >= 15 is 4.39 Å². The lowest BCUT2D eigenvalue weighted by molar-refractivity contribution is -0.231. The zero-order valence-electron chi connectivity index (χ0n) is 18.5. The van der Waals surface area contributed by atoms with E-state index in [-0.39, 0.29) is 17.5 Å². The third-order valence-electron chi connectivity index (χ3n) is 4.85. The highest BCUT2D eigenvalue weighted by atomic mass is 32.2. The topological polar surface area (TPSA) is 113 Å². The second-order valence-electron chi connectivity index (χ2n) is 7.15. The number of aliphatic imine (C=N–C) groups is 1. The Hall–Kier alpha value is -0.980. The van der Waals surface area contributed by atoms with Gasteiger partial charge in [0.05, 0.1) is 18.5 Å². The number of nitrogens with one attached hydrogen (secondary N) is 2. The number of nitrogens with zero attached hydrogens (tertiary/aromatic N) is 2. The van der Waals surface area contributed by atoms with Crippen molar-refractivity contribution in [3.63, 3.8) is 0 Å². The molecule has 11 heteroatoms. The normalized spacial score (nSPS) is 26.5. The van der Waals surface area contributed by atoms with Crippen LogP contribution in [0.25, 0.3) is 0 Å². The molecule has 8 nitrogen and oxygen atoms in total. The Morgan fingerprint density at radius 3 is 2.68 bits per heavy atom. The molecular weight excluding hydrogens is 443 g/mol. The number of hydrogen-bond donors (Lipinski definition) is 3. The van der Waals surface area contributed by atoms with Crippen LogP contribution in [0.15, 0.2) is 11.2 Å². The molecule has 176 valence electrons. The predicted octanol–water partition coefficient (Wildman–Crippen LogP) is 3.70. The van der Waals surface area contributed by atoms with Crippen molar-refractivity contribution in [2.24, 2.45) is 4.99 Å². The van der Waals surface area contributed by atoms with Gasteiger partial charge in [0.15, 0.2) is 17.2 Å². The number of H-pyrrole nitrogens is 1. The van der Waals surface area contributed by atoms with E-state index in [9.17, 15) is 5.11 Å². The van der Waals surface area contributed by atoms with Crippen LogP contribution >= 0.6 is 23.5 Å². The molecule has 1 aliphatic rings. The third-order valence-corrected chi connectivity index (χ3v) is 6.00. The molecule has 0 amide bonds. The van der Waals surface area contributed by atoms with Crippen molar-refractivity contribution in [3.05, 3.63) is 17.7 Å². The number of aromatic amines is 1. The van der Waals surface area contributed by atoms with E-state index in [1.54, 1.807) is 12.5 Å². The van der Waals surface area contributed by atoms with E-state index in [2.05, 4.69) is 21.9 Å². The fourth-order valence-electron chi connectivity index (χ4n) is 3.06. The largest absolute Gasteiger partial charge is 0.379 e. The van der Waals surface area contributed by atoms with Gasteiger partial charge >= 0.3 is 0 Å². The number of amidine groups is 1. The number of imidazole rings is 1. The average molecular weight is 477 g/mol. The Morgan fingerprint density at radius 2 is 2.03 bits per heavy atom. The molecule has 0 spiro atoms. The molecule has 3 N–H and O–H groups in total. The lowest BCUT2D eigenvalue weighted by Crippen LogP contribution is -2.39. The van der Waals surface area contributed by atoms with Crippen LogP contribution in [-0.4, -0.2) is 76.0 Å². The first kappa shape index (κ1) is 26.3. The summed E-state index contributed by atoms with van der Waals surface area (Å²) < 4.78 is 32.6. The summed E-state index contributed by atoms with van der Waals surface area (Å²) in [7, 11) is 0. The molecule has 2 rings (SSSR count). The fourth-order valence-corrected chi connectivity index (χ4v) is 3.78. The van der Waals surface area contributed by atoms with Crippen LogP contribution in [0.1, 0.15) is 51.0 Å². The maximum atomic E-state index is 15.5. The average Bonchev–Trinajstić information content (AvgIpc) is 3.35. The first-order valence-electron chi connectivity index (χ1n) is 10.5. The van der Waals surface area contributed by atoms with Gasteiger partial charge in [-0.3, -0.25) is 5.41 Å². The highest BCUT2D eigenvalue weighted by Crippen LogP contribution is 2.40. The minimum absolute atomic E-state index is 0.0765. The lowest BCUT2D eigenvalue weighted by Gasteiger charge is -2.23. The Bertz CT molecular complexity index is 736. The highest BCUT2D eigenvalue weighted by Gasteiger charge is 2.58. The van der Waals surface area contributed by atoms with Crippen LogP contribution in [0, 0.1) is 5.41 Å². The summed E-state index contributed by atoms with van der Waals surface area (Å²) in [5.41, 5.74) is 0.0765. The summed E-state index contributed by atoms with van der Waals surface area (Å²) in [5.74, 6) is -1.91. The van der Waals surface area contributed by atoms with Gasteiger partial charge in [0.25, 0.3) is 0 Å². The highest BCUT2D eigenvalue weighted by molar-refractivity contribution is 8.15. The minimum atomic E-state index is -2.24. The van der Waals surface area contributed by atoms with Gasteiger partial charge in [-0.25, -0.2) is 14.4 Å². The zero-order valence-corrected chi connectivity index (χ0v) is 20.2. The van der Waals surface area contributed by atoms with Gasteiger partial charge in [0.1, 0.15) is 17.3 Å². The van der Waals surface area contributed by atoms with Gasteiger partial charge in [0, 0.05) is 13.2 Å². The third kappa shape index (κ3) is 6.75. The number of unbranched alkanes of at least 4 members (excludes halogenated alkanes) is 2. The van der Waals surface area contributed by atoms with Gasteiger partial charge in [0.2, 0.25) is 5.79 Å². The molecule has 0 radical (unpaired) electrons. The van der Waals surface area contributed by atoms with E-state index in [1.165, 1.54) is 29.7 Å². The monoisotopic (exact) mass is 476 g/mol. The van der Waals surface area contributed by atoms with Crippen molar-refractivity contribution < 1.29 is 23.7 Å². The van der Waals surface area contributed by atoms with Crippen LogP contribution < -0.4 is 0 Å². The fraction of sp³-hybridized carbons (Fsp3) is 0.750. The molecule has 0 unspecified atom stereocenters. The van der Waals surface area contributed by atoms with Gasteiger partial charge in [-0.1, -0.05) is 38.5 Å². The summed E-state index contributed by atoms with van der Waals surface area (Å²) in [6.07, 6.45) is 4.94. The van der Waals surface area contributed by atoms with E-state index in [0.29, 0.717) is 24.1 Å². The Balaban J connectivity index is 2.22. The zero-order chi connectivity index (χ0) is 22.9. The van der Waals surface area contributed by atoms with Crippen molar-refractivity contribution >= 4 is 33.7 Å². The molecule has 1 saturated heterocycles. The van der Waals surface area contributed by atoms with Gasteiger partial charge in [-0.15, -0.1) is 11.8 Å². The maximum Gasteiger partial charge on any atom is 0.244 e. The van der Waals surface area contributed by atoms with Crippen molar-refractivity contribution in [2.75, 3.05) is 32.3 Å². The van der Waals surface area contributed by atoms with Crippen LogP contribution in [0.2, 0.25) is 0 Å². The molecule has 1 aromatic heterocycles. The molecule has 2 heterocycles. The summed E-state index contributed by atoms with van der Waals surface area (Å²) in [6.45, 7) is 5.13. The van der Waals surface area contributed by atoms with Crippen molar-refractivity contribution in [1.82, 2.24) is 9.97 Å². The van der Waals surface area contributed by atoms with Gasteiger partial charge in [-0.2, -0.15) is 0 Å². The van der Waals surface area contributed by atoms with Crippen LogP contribution in [0.4, 0.5) is 4.39 Å². The summed E-state index contributed by atoms with van der Waals surface area (Å²) in [4.78, 5) is 11.3. The first-order valence-corrected chi connectivity index (χ1v) is 12.9. The van der Waals surface area contributed by atoms with E-state index in [4.69, 9.17) is 19.6 Å². The molecule has 31 heavy (non-hydrogen) atoms. The van der Waals surface area contributed by atoms with Crippen molar-refractivity contribution in [1.29, 1.82) is 5.41 Å². The number of aliphatic hydroxyl groups is 1. The summed E-state index contributed by atoms with van der Waals surface area (Å²) >= 11 is 2.49.